The van der Waals surface area contributed by atoms with E-state index in [0.29, 0.717) is 6.17 Å². The molecule has 0 bridgehead atoms. The number of hydrogen-bond acceptors (Lipinski definition) is 4. The fourth-order valence-corrected chi connectivity index (χ4v) is 2.60. The smallest absolute Gasteiger partial charge is 0.288 e. The van der Waals surface area contributed by atoms with Crippen molar-refractivity contribution in [2.24, 2.45) is 4.99 Å². The molecule has 2 saturated heterocycles. The van der Waals surface area contributed by atoms with Crippen LogP contribution in [-0.4, -0.2) is 60.8 Å². The summed E-state index contributed by atoms with van der Waals surface area (Å²) < 4.78 is 6.21. The molecule has 2 aliphatic heterocycles. The number of hydrogen-bond donors (Lipinski definition) is 0. The van der Waals surface area contributed by atoms with Crippen LogP contribution < -0.4 is 0 Å². The first-order valence-corrected chi connectivity index (χ1v) is 7.12. The molecule has 0 spiro atoms. The highest BCUT2D eigenvalue weighted by Crippen LogP contribution is 2.26. The van der Waals surface area contributed by atoms with Gasteiger partial charge in [-0.3, -0.25) is 9.88 Å². The van der Waals surface area contributed by atoms with Gasteiger partial charge in [0.15, 0.2) is 0 Å². The number of nitrogens with zero attached hydrogens (tertiary/aromatic N) is 4. The molecule has 3 rings (SSSR count). The number of ether oxygens (including phenoxy) is 1. The highest BCUT2D eigenvalue weighted by Gasteiger charge is 2.40. The molecule has 0 N–H and O–H groups in total. The van der Waals surface area contributed by atoms with E-state index in [1.54, 1.807) is 26.6 Å². The average molecular weight is 327 g/mol. The molecule has 2 aliphatic rings. The molecule has 2 fully saturated rings. The summed E-state index contributed by atoms with van der Waals surface area (Å²) in [5.74, 6) is 0. The minimum absolute atomic E-state index is 0.573. The van der Waals surface area contributed by atoms with Gasteiger partial charge in [-0.1, -0.05) is 0 Å². The van der Waals surface area contributed by atoms with E-state index in [0.717, 1.165) is 23.6 Å². The number of halogens is 1. The van der Waals surface area contributed by atoms with E-state index >= 15 is 0 Å². The van der Waals surface area contributed by atoms with Gasteiger partial charge in [0.25, 0.3) is 6.02 Å². The molecule has 1 aromatic rings. The fraction of sp³-hybridized carbons (Fsp3) is 0.538. The third kappa shape index (κ3) is 3.45. The van der Waals surface area contributed by atoms with E-state index in [-0.39, 0.29) is 0 Å². The fourth-order valence-electron chi connectivity index (χ4n) is 2.33. The van der Waals surface area contributed by atoms with Gasteiger partial charge in [0.1, 0.15) is 0 Å². The van der Waals surface area contributed by atoms with Crippen molar-refractivity contribution in [3.63, 3.8) is 0 Å². The van der Waals surface area contributed by atoms with E-state index in [1.807, 2.05) is 12.1 Å². The molecule has 0 saturated carbocycles. The van der Waals surface area contributed by atoms with Crippen molar-refractivity contribution in [3.05, 3.63) is 29.0 Å². The molecular formula is C13H19BrN4O. The van der Waals surface area contributed by atoms with E-state index in [2.05, 4.69) is 35.7 Å². The van der Waals surface area contributed by atoms with E-state index in [9.17, 15) is 0 Å². The normalized spacial score (nSPS) is 22.2. The molecule has 6 heteroatoms. The summed E-state index contributed by atoms with van der Waals surface area (Å²) in [7, 11) is 3.46. The molecule has 0 aliphatic carbocycles. The summed E-state index contributed by atoms with van der Waals surface area (Å²) in [5.41, 5.74) is 0. The molecule has 19 heavy (non-hydrogen) atoms. The van der Waals surface area contributed by atoms with Crippen molar-refractivity contribution in [1.29, 1.82) is 0 Å². The van der Waals surface area contributed by atoms with Crippen molar-refractivity contribution in [1.82, 2.24) is 14.8 Å². The zero-order valence-corrected chi connectivity index (χ0v) is 12.9. The Labute approximate surface area is 122 Å². The Kier molecular flexibility index (Phi) is 5.15. The largest absolute Gasteiger partial charge is 0.468 e. The van der Waals surface area contributed by atoms with Gasteiger partial charge in [0.05, 0.1) is 13.3 Å². The molecule has 3 heterocycles. The van der Waals surface area contributed by atoms with Gasteiger partial charge in [0, 0.05) is 43.5 Å². The number of rotatable bonds is 0. The lowest BCUT2D eigenvalue weighted by atomic mass is 10.2. The van der Waals surface area contributed by atoms with Crippen molar-refractivity contribution in [3.8, 4) is 0 Å². The van der Waals surface area contributed by atoms with Crippen molar-refractivity contribution < 1.29 is 4.74 Å². The molecule has 0 aromatic carbocycles. The monoisotopic (exact) mass is 326 g/mol. The second-order valence-corrected chi connectivity index (χ2v) is 5.30. The number of aliphatic imine (C=N–C) groups is 1. The minimum Gasteiger partial charge on any atom is -0.468 e. The van der Waals surface area contributed by atoms with Gasteiger partial charge >= 0.3 is 0 Å². The van der Waals surface area contributed by atoms with Crippen LogP contribution in [0.5, 0.6) is 0 Å². The number of amidine groups is 1. The second-order valence-electron chi connectivity index (χ2n) is 4.38. The van der Waals surface area contributed by atoms with Crippen LogP contribution >= 0.6 is 15.9 Å². The van der Waals surface area contributed by atoms with Crippen LogP contribution in [0.25, 0.3) is 0 Å². The maximum atomic E-state index is 5.19. The predicted octanol–water partition coefficient (Wildman–Crippen LogP) is 1.81. The summed E-state index contributed by atoms with van der Waals surface area (Å²) >= 11 is 3.25. The second kappa shape index (κ2) is 6.86. The molecule has 0 radical (unpaired) electrons. The third-order valence-corrected chi connectivity index (χ3v) is 3.80. The maximum Gasteiger partial charge on any atom is 0.288 e. The Morgan fingerprint density at radius 1 is 1.47 bits per heavy atom. The third-order valence-electron chi connectivity index (χ3n) is 3.33. The van der Waals surface area contributed by atoms with Crippen molar-refractivity contribution in [2.45, 2.75) is 12.6 Å². The van der Waals surface area contributed by atoms with Crippen LogP contribution in [0.4, 0.5) is 0 Å². The van der Waals surface area contributed by atoms with Gasteiger partial charge in [-0.05, 0) is 34.5 Å². The number of fused-ring (bicyclic) bond motifs is 1. The van der Waals surface area contributed by atoms with Gasteiger partial charge in [-0.25, -0.2) is 4.99 Å². The lowest BCUT2D eigenvalue weighted by Crippen LogP contribution is -2.51. The van der Waals surface area contributed by atoms with Crippen LogP contribution in [0, 0.1) is 0 Å². The molecule has 104 valence electrons. The molecular weight excluding hydrogens is 308 g/mol. The lowest BCUT2D eigenvalue weighted by molar-refractivity contribution is 0.0693. The number of methoxy groups -OCH3 is 1. The lowest BCUT2D eigenvalue weighted by Gasteiger charge is -2.38. The Balaban J connectivity index is 0.000000163. The standard InChI is InChI=1S/C8H15N3O.C5H4BrN/c1-9-8(12-2)11-6-5-10-4-3-7(10)11;6-5-2-1-3-7-4-5/h7H,3-6H2,1-2H3;1-4H. The quantitative estimate of drug-likeness (QED) is 0.538. The van der Waals surface area contributed by atoms with Gasteiger partial charge in [-0.15, -0.1) is 0 Å². The molecule has 1 aromatic heterocycles. The van der Waals surface area contributed by atoms with Gasteiger partial charge < -0.3 is 9.64 Å². The first-order valence-electron chi connectivity index (χ1n) is 6.33. The Morgan fingerprint density at radius 3 is 2.68 bits per heavy atom. The van der Waals surface area contributed by atoms with E-state index in [4.69, 9.17) is 4.74 Å². The first-order chi connectivity index (χ1) is 9.26. The molecule has 0 amide bonds. The number of pyridine rings is 1. The maximum absolute atomic E-state index is 5.19. The van der Waals surface area contributed by atoms with Crippen LogP contribution in [0.1, 0.15) is 6.42 Å². The highest BCUT2D eigenvalue weighted by atomic mass is 79.9. The SMILES string of the molecule is Brc1cccnc1.CN=C(OC)N1CCN2CCC21. The topological polar surface area (TPSA) is 41.0 Å². The molecule has 1 atom stereocenters. The van der Waals surface area contributed by atoms with Crippen LogP contribution in [0.3, 0.4) is 0 Å². The number of aromatic nitrogens is 1. The summed E-state index contributed by atoms with van der Waals surface area (Å²) in [4.78, 5) is 12.6. The predicted molar refractivity (Wildman–Crippen MR) is 79.0 cm³/mol. The Hall–Kier alpha value is -1.14. The van der Waals surface area contributed by atoms with Crippen molar-refractivity contribution in [2.75, 3.05) is 33.8 Å². The van der Waals surface area contributed by atoms with Gasteiger partial charge in [0.2, 0.25) is 0 Å². The Morgan fingerprint density at radius 2 is 2.32 bits per heavy atom. The summed E-state index contributed by atoms with van der Waals surface area (Å²) in [6.45, 7) is 3.46. The zero-order chi connectivity index (χ0) is 13.7. The van der Waals surface area contributed by atoms with Crippen LogP contribution in [0.15, 0.2) is 34.0 Å². The first kappa shape index (κ1) is 14.3. The van der Waals surface area contributed by atoms with Crippen molar-refractivity contribution >= 4 is 22.0 Å². The Bertz CT molecular complexity index is 426. The van der Waals surface area contributed by atoms with Crippen LogP contribution in [-0.2, 0) is 4.74 Å². The van der Waals surface area contributed by atoms with Crippen LogP contribution in [0.2, 0.25) is 0 Å². The van der Waals surface area contributed by atoms with E-state index < -0.39 is 0 Å². The minimum atomic E-state index is 0.573. The van der Waals surface area contributed by atoms with Gasteiger partial charge in [-0.2, -0.15) is 0 Å². The summed E-state index contributed by atoms with van der Waals surface area (Å²) in [6, 6.07) is 4.60. The summed E-state index contributed by atoms with van der Waals surface area (Å²) in [5, 5.41) is 0. The average Bonchev–Trinajstić information content (AvgIpc) is 2.68. The van der Waals surface area contributed by atoms with E-state index in [1.165, 1.54) is 13.0 Å². The summed E-state index contributed by atoms with van der Waals surface area (Å²) in [6.07, 6.45) is 5.32. The highest BCUT2D eigenvalue weighted by molar-refractivity contribution is 9.10. The molecule has 1 unspecified atom stereocenters. The molecule has 5 nitrogen and oxygen atoms in total. The zero-order valence-electron chi connectivity index (χ0n) is 11.3.